The summed E-state index contributed by atoms with van der Waals surface area (Å²) in [5.41, 5.74) is 0. The zero-order chi connectivity index (χ0) is 13.2. The van der Waals surface area contributed by atoms with Crippen molar-refractivity contribution < 1.29 is 0 Å². The van der Waals surface area contributed by atoms with Gasteiger partial charge in [-0.2, -0.15) is 11.8 Å². The van der Waals surface area contributed by atoms with Crippen LogP contribution >= 0.6 is 11.8 Å². The maximum absolute atomic E-state index is 3.70. The smallest absolute Gasteiger partial charge is 0.0117 e. The molecule has 1 rings (SSSR count). The first-order valence-electron chi connectivity index (χ1n) is 7.72. The third-order valence-electron chi connectivity index (χ3n) is 3.97. The topological polar surface area (TPSA) is 15.3 Å². The summed E-state index contributed by atoms with van der Waals surface area (Å²) in [5, 5.41) is 3.70. The molecule has 1 heterocycles. The van der Waals surface area contributed by atoms with Crippen LogP contribution in [-0.4, -0.2) is 49.1 Å². The Kier molecular flexibility index (Phi) is 9.16. The molecule has 2 nitrogen and oxygen atoms in total. The second-order valence-electron chi connectivity index (χ2n) is 5.68. The fourth-order valence-electron chi connectivity index (χ4n) is 2.83. The van der Waals surface area contributed by atoms with Gasteiger partial charge in [0.15, 0.2) is 0 Å². The molecule has 1 fully saturated rings. The van der Waals surface area contributed by atoms with Gasteiger partial charge >= 0.3 is 0 Å². The molecule has 108 valence electrons. The average molecular weight is 273 g/mol. The van der Waals surface area contributed by atoms with Crippen LogP contribution in [0.3, 0.4) is 0 Å². The number of thioether (sulfide) groups is 1. The van der Waals surface area contributed by atoms with E-state index in [1.165, 1.54) is 64.0 Å². The van der Waals surface area contributed by atoms with E-state index in [1.54, 1.807) is 0 Å². The minimum Gasteiger partial charge on any atom is -0.314 e. The van der Waals surface area contributed by atoms with E-state index >= 15 is 0 Å². The van der Waals surface area contributed by atoms with Gasteiger partial charge in [-0.3, -0.25) is 0 Å². The Balaban J connectivity index is 2.08. The molecule has 3 heteroatoms. The van der Waals surface area contributed by atoms with Crippen molar-refractivity contribution in [3.05, 3.63) is 0 Å². The van der Waals surface area contributed by atoms with E-state index in [4.69, 9.17) is 0 Å². The number of rotatable bonds is 9. The van der Waals surface area contributed by atoms with Crippen molar-refractivity contribution in [3.8, 4) is 0 Å². The summed E-state index contributed by atoms with van der Waals surface area (Å²) in [5.74, 6) is 2.15. The Hall–Kier alpha value is 0.270. The summed E-state index contributed by atoms with van der Waals surface area (Å²) >= 11 is 1.97. The van der Waals surface area contributed by atoms with Crippen LogP contribution < -0.4 is 5.32 Å². The first kappa shape index (κ1) is 16.3. The Morgan fingerprint density at radius 1 is 1.28 bits per heavy atom. The molecular formula is C15H32N2S. The number of likely N-dealkylation sites (tertiary alicyclic amines) is 1. The Bertz CT molecular complexity index is 197. The molecule has 1 N–H and O–H groups in total. The summed E-state index contributed by atoms with van der Waals surface area (Å²) in [6.07, 6.45) is 8.99. The van der Waals surface area contributed by atoms with Gasteiger partial charge in [-0.1, -0.05) is 20.3 Å². The van der Waals surface area contributed by atoms with E-state index in [2.05, 4.69) is 30.3 Å². The van der Waals surface area contributed by atoms with Crippen LogP contribution in [0, 0.1) is 5.92 Å². The lowest BCUT2D eigenvalue weighted by molar-refractivity contribution is 0.145. The number of piperidine rings is 1. The number of unbranched alkanes of at least 4 members (excludes halogenated alkanes) is 2. The molecule has 0 aromatic carbocycles. The van der Waals surface area contributed by atoms with E-state index in [9.17, 15) is 0 Å². The highest BCUT2D eigenvalue weighted by Crippen LogP contribution is 2.17. The minimum absolute atomic E-state index is 0.762. The van der Waals surface area contributed by atoms with E-state index in [-0.39, 0.29) is 0 Å². The van der Waals surface area contributed by atoms with Gasteiger partial charge in [0.05, 0.1) is 0 Å². The second-order valence-corrected chi connectivity index (χ2v) is 6.67. The largest absolute Gasteiger partial charge is 0.314 e. The first-order valence-corrected chi connectivity index (χ1v) is 9.12. The Morgan fingerprint density at radius 2 is 2.11 bits per heavy atom. The molecule has 0 bridgehead atoms. The third-order valence-corrected chi connectivity index (χ3v) is 4.67. The highest BCUT2D eigenvalue weighted by Gasteiger charge is 2.24. The lowest BCUT2D eigenvalue weighted by atomic mass is 9.93. The van der Waals surface area contributed by atoms with Crippen molar-refractivity contribution in [3.63, 3.8) is 0 Å². The second kappa shape index (κ2) is 10.1. The zero-order valence-corrected chi connectivity index (χ0v) is 13.4. The van der Waals surface area contributed by atoms with Crippen molar-refractivity contribution in [2.24, 2.45) is 5.92 Å². The van der Waals surface area contributed by atoms with Crippen LogP contribution in [-0.2, 0) is 0 Å². The Labute approximate surface area is 118 Å². The SMILES string of the molecule is CCCNC1CCN(CCCCCSC)CC1C. The Morgan fingerprint density at radius 3 is 2.78 bits per heavy atom. The lowest BCUT2D eigenvalue weighted by Crippen LogP contribution is -2.48. The van der Waals surface area contributed by atoms with Crippen molar-refractivity contribution in [2.75, 3.05) is 38.2 Å². The standard InChI is InChI=1S/C15H32N2S/c1-4-9-16-15-8-11-17(13-14(15)2)10-6-5-7-12-18-3/h14-16H,4-13H2,1-3H3. The van der Waals surface area contributed by atoms with Crippen LogP contribution in [0.25, 0.3) is 0 Å². The highest BCUT2D eigenvalue weighted by molar-refractivity contribution is 7.98. The van der Waals surface area contributed by atoms with Gasteiger partial charge in [0.2, 0.25) is 0 Å². The van der Waals surface area contributed by atoms with Crippen molar-refractivity contribution >= 4 is 11.8 Å². The average Bonchev–Trinajstić information content (AvgIpc) is 2.37. The molecule has 0 spiro atoms. The van der Waals surface area contributed by atoms with E-state index < -0.39 is 0 Å². The van der Waals surface area contributed by atoms with Gasteiger partial charge in [0.1, 0.15) is 0 Å². The van der Waals surface area contributed by atoms with Crippen LogP contribution in [0.2, 0.25) is 0 Å². The maximum atomic E-state index is 3.70. The van der Waals surface area contributed by atoms with Gasteiger partial charge in [0, 0.05) is 12.6 Å². The summed E-state index contributed by atoms with van der Waals surface area (Å²) in [4.78, 5) is 2.67. The number of nitrogens with one attached hydrogen (secondary N) is 1. The molecule has 2 atom stereocenters. The normalized spacial score (nSPS) is 25.5. The molecule has 0 aromatic rings. The van der Waals surface area contributed by atoms with Crippen molar-refractivity contribution in [1.29, 1.82) is 0 Å². The van der Waals surface area contributed by atoms with Gasteiger partial charge in [-0.15, -0.1) is 0 Å². The van der Waals surface area contributed by atoms with Crippen molar-refractivity contribution in [2.45, 2.75) is 52.0 Å². The number of nitrogens with zero attached hydrogens (tertiary/aromatic N) is 1. The summed E-state index contributed by atoms with van der Waals surface area (Å²) in [7, 11) is 0. The minimum atomic E-state index is 0.762. The zero-order valence-electron chi connectivity index (χ0n) is 12.6. The van der Waals surface area contributed by atoms with E-state index in [0.29, 0.717) is 0 Å². The molecule has 18 heavy (non-hydrogen) atoms. The molecular weight excluding hydrogens is 240 g/mol. The van der Waals surface area contributed by atoms with Gasteiger partial charge in [0.25, 0.3) is 0 Å². The van der Waals surface area contributed by atoms with Crippen LogP contribution in [0.15, 0.2) is 0 Å². The predicted octanol–water partition coefficient (Wildman–Crippen LogP) is 3.23. The van der Waals surface area contributed by atoms with Crippen LogP contribution in [0.4, 0.5) is 0 Å². The third kappa shape index (κ3) is 6.44. The molecule has 0 amide bonds. The molecule has 1 aliphatic rings. The maximum Gasteiger partial charge on any atom is 0.0117 e. The monoisotopic (exact) mass is 272 g/mol. The van der Waals surface area contributed by atoms with Gasteiger partial charge in [-0.25, -0.2) is 0 Å². The first-order chi connectivity index (χ1) is 8.77. The molecule has 0 aliphatic carbocycles. The molecule has 0 radical (unpaired) electrons. The highest BCUT2D eigenvalue weighted by atomic mass is 32.2. The summed E-state index contributed by atoms with van der Waals surface area (Å²) < 4.78 is 0. The molecule has 1 aliphatic heterocycles. The quantitative estimate of drug-likeness (QED) is 0.649. The van der Waals surface area contributed by atoms with Crippen molar-refractivity contribution in [1.82, 2.24) is 10.2 Å². The van der Waals surface area contributed by atoms with Gasteiger partial charge < -0.3 is 10.2 Å². The van der Waals surface area contributed by atoms with E-state index in [0.717, 1.165) is 12.0 Å². The molecule has 0 aromatic heterocycles. The fraction of sp³-hybridized carbons (Fsp3) is 1.00. The fourth-order valence-corrected chi connectivity index (χ4v) is 3.32. The summed E-state index contributed by atoms with van der Waals surface area (Å²) in [6.45, 7) is 9.76. The molecule has 2 unspecified atom stereocenters. The van der Waals surface area contributed by atoms with Gasteiger partial charge in [-0.05, 0) is 63.2 Å². The number of hydrogen-bond donors (Lipinski definition) is 1. The lowest BCUT2D eigenvalue weighted by Gasteiger charge is -2.37. The van der Waals surface area contributed by atoms with Crippen LogP contribution in [0.1, 0.15) is 46.0 Å². The molecule has 1 saturated heterocycles. The van der Waals surface area contributed by atoms with Crippen LogP contribution in [0.5, 0.6) is 0 Å². The number of hydrogen-bond acceptors (Lipinski definition) is 3. The van der Waals surface area contributed by atoms with E-state index in [1.807, 2.05) is 11.8 Å². The molecule has 0 saturated carbocycles. The predicted molar refractivity (Wildman–Crippen MR) is 84.5 cm³/mol. The summed E-state index contributed by atoms with van der Waals surface area (Å²) in [6, 6.07) is 0.762.